The van der Waals surface area contributed by atoms with Gasteiger partial charge in [-0.1, -0.05) is 242 Å². The Balaban J connectivity index is 0.863. The Kier molecular flexibility index (Phi) is 20.2. The van der Waals surface area contributed by atoms with E-state index < -0.39 is 0 Å². The van der Waals surface area contributed by atoms with E-state index in [-0.39, 0.29) is 6.04 Å². The molecule has 1 aliphatic rings. The number of halogens is 2. The second-order valence-corrected chi connectivity index (χ2v) is 26.9. The highest BCUT2D eigenvalue weighted by atomic mass is 79.9. The van der Waals surface area contributed by atoms with Gasteiger partial charge in [0, 0.05) is 79.7 Å². The third-order valence-corrected chi connectivity index (χ3v) is 19.7. The molecule has 5 nitrogen and oxygen atoms in total. The summed E-state index contributed by atoms with van der Waals surface area (Å²) in [6.07, 6.45) is 12.9. The second kappa shape index (κ2) is 29.9. The van der Waals surface area contributed by atoms with Crippen molar-refractivity contribution >= 4 is 93.2 Å². The normalized spacial score (nSPS) is 12.7. The molecule has 1 aliphatic carbocycles. The highest BCUT2D eigenvalue weighted by molar-refractivity contribution is 9.10. The Labute approximate surface area is 573 Å². The SMILES string of the molecule is CCCCCCCCNc1cc(-c2ccc(N(c3ccc(-c4ccc(Br)cc4)cc3)c3ccc(-c4ccc(NCCC)cc4)cc3)cc2)c2ccccc2c1-c1c(C)cc(-c2ccc(N(c3ccc(-c4ccc(Br)cc4)cc3)[C@H]3CC=C3NCCC)cc2)c2ccccc12. The Morgan fingerprint density at radius 2 is 0.755 bits per heavy atom. The number of aryl methyl sites for hydroxylation is 1. The van der Waals surface area contributed by atoms with Crippen molar-refractivity contribution in [1.82, 2.24) is 5.32 Å². The van der Waals surface area contributed by atoms with Gasteiger partial charge in [0.25, 0.3) is 0 Å². The van der Waals surface area contributed by atoms with E-state index in [2.05, 4.69) is 346 Å². The lowest BCUT2D eigenvalue weighted by atomic mass is 9.84. The topological polar surface area (TPSA) is 42.6 Å². The lowest BCUT2D eigenvalue weighted by Crippen LogP contribution is -2.42. The van der Waals surface area contributed by atoms with Crippen LogP contribution < -0.4 is 25.8 Å². The third-order valence-electron chi connectivity index (χ3n) is 18.6. The van der Waals surface area contributed by atoms with Crippen molar-refractivity contribution in [1.29, 1.82) is 0 Å². The molecule has 12 aromatic rings. The number of nitrogens with one attached hydrogen (secondary N) is 3. The molecule has 94 heavy (non-hydrogen) atoms. The molecule has 3 N–H and O–H groups in total. The molecule has 0 bridgehead atoms. The van der Waals surface area contributed by atoms with Crippen LogP contribution in [0, 0.1) is 6.92 Å². The predicted octanol–water partition coefficient (Wildman–Crippen LogP) is 25.7. The van der Waals surface area contributed by atoms with Gasteiger partial charge in [0.2, 0.25) is 0 Å². The van der Waals surface area contributed by atoms with Crippen LogP contribution in [-0.2, 0) is 0 Å². The van der Waals surface area contributed by atoms with Gasteiger partial charge in [-0.05, 0) is 224 Å². The molecule has 0 spiro atoms. The number of nitrogens with zero attached hydrogens (tertiary/aromatic N) is 2. The van der Waals surface area contributed by atoms with E-state index in [0.29, 0.717) is 0 Å². The molecule has 0 saturated carbocycles. The van der Waals surface area contributed by atoms with Gasteiger partial charge in [0.05, 0.1) is 6.04 Å². The van der Waals surface area contributed by atoms with Crippen molar-refractivity contribution in [3.63, 3.8) is 0 Å². The van der Waals surface area contributed by atoms with Crippen molar-refractivity contribution in [2.45, 2.75) is 91.5 Å². The number of anilines is 7. The molecule has 470 valence electrons. The Morgan fingerprint density at radius 1 is 0.362 bits per heavy atom. The molecule has 0 fully saturated rings. The highest BCUT2D eigenvalue weighted by Gasteiger charge is 2.30. The molecule has 0 saturated heterocycles. The summed E-state index contributed by atoms with van der Waals surface area (Å²) in [5, 5.41) is 16.3. The minimum Gasteiger partial charge on any atom is -0.387 e. The molecule has 7 heteroatoms. The lowest BCUT2D eigenvalue weighted by Gasteiger charge is -2.40. The van der Waals surface area contributed by atoms with Gasteiger partial charge in [0.1, 0.15) is 0 Å². The molecule has 0 radical (unpaired) electrons. The molecular weight excluding hydrogens is 1270 g/mol. The fourth-order valence-electron chi connectivity index (χ4n) is 13.6. The number of hydrogen-bond acceptors (Lipinski definition) is 5. The van der Waals surface area contributed by atoms with Crippen molar-refractivity contribution < 1.29 is 0 Å². The molecule has 0 aromatic heterocycles. The molecule has 12 aromatic carbocycles. The average Bonchev–Trinajstić information content (AvgIpc) is 0.766. The summed E-state index contributed by atoms with van der Waals surface area (Å²) in [6.45, 7) is 11.9. The largest absolute Gasteiger partial charge is 0.387 e. The first-order chi connectivity index (χ1) is 46.2. The fourth-order valence-corrected chi connectivity index (χ4v) is 14.1. The maximum Gasteiger partial charge on any atom is 0.0769 e. The van der Waals surface area contributed by atoms with Crippen molar-refractivity contribution in [2.24, 2.45) is 0 Å². The number of benzene rings is 12. The Hall–Kier alpha value is -9.14. The molecule has 13 rings (SSSR count). The standard InChI is InChI=1S/C87H83Br2N5/c1-5-8-9-10-11-16-57-92-84-59-82(68-33-49-74(50-34-68)93(72-43-27-64(28-44-72)61-21-37-69(88)38-22-61)73-45-29-66(30-46-73)63-25-41-71(42-26-63)90-55-6-2)78-18-13-15-20-80(78)87(84)86-60(4)58-81(77-17-12-14-19-79(77)86)67-35-51-76(52-36-67)94(85-54-53-83(85)91-56-7-3)75-47-31-65(32-48-75)62-23-39-70(89)40-24-62/h12-15,17-53,58-59,85,90-92H,5-11,16,54-57H2,1-4H3/t85-/m0/s1. The van der Waals surface area contributed by atoms with E-state index in [0.717, 1.165) is 77.0 Å². The van der Waals surface area contributed by atoms with Gasteiger partial charge in [0.15, 0.2) is 0 Å². The van der Waals surface area contributed by atoms with E-state index in [1.54, 1.807) is 0 Å². The molecule has 1 atom stereocenters. The second-order valence-electron chi connectivity index (χ2n) is 25.0. The summed E-state index contributed by atoms with van der Waals surface area (Å²) in [4.78, 5) is 4.90. The van der Waals surface area contributed by atoms with E-state index in [1.165, 1.54) is 149 Å². The summed E-state index contributed by atoms with van der Waals surface area (Å²) in [7, 11) is 0. The van der Waals surface area contributed by atoms with Gasteiger partial charge < -0.3 is 25.8 Å². The van der Waals surface area contributed by atoms with Crippen LogP contribution in [0.15, 0.2) is 276 Å². The number of unbranched alkanes of at least 4 members (excludes halogenated alkanes) is 5. The summed E-state index contributed by atoms with van der Waals surface area (Å²) in [6, 6.07) is 94.9. The van der Waals surface area contributed by atoms with Crippen LogP contribution >= 0.6 is 31.9 Å². The highest BCUT2D eigenvalue weighted by Crippen LogP contribution is 2.48. The molecular formula is C87H83Br2N5. The van der Waals surface area contributed by atoms with Crippen LogP contribution in [0.5, 0.6) is 0 Å². The number of rotatable bonds is 26. The summed E-state index contributed by atoms with van der Waals surface area (Å²) in [5.74, 6) is 0. The van der Waals surface area contributed by atoms with Gasteiger partial charge in [-0.2, -0.15) is 0 Å². The zero-order valence-corrected chi connectivity index (χ0v) is 57.7. The molecule has 0 aliphatic heterocycles. The monoisotopic (exact) mass is 1360 g/mol. The minimum absolute atomic E-state index is 0.225. The van der Waals surface area contributed by atoms with Crippen LogP contribution in [0.1, 0.15) is 84.1 Å². The first-order valence-electron chi connectivity index (χ1n) is 34.0. The van der Waals surface area contributed by atoms with Gasteiger partial charge in [-0.15, -0.1) is 0 Å². The van der Waals surface area contributed by atoms with Gasteiger partial charge >= 0.3 is 0 Å². The molecule has 0 unspecified atom stereocenters. The first kappa shape index (κ1) is 63.6. The summed E-state index contributed by atoms with van der Waals surface area (Å²) < 4.78 is 2.16. The molecule has 0 amide bonds. The van der Waals surface area contributed by atoms with Crippen molar-refractivity contribution in [3.05, 3.63) is 281 Å². The lowest BCUT2D eigenvalue weighted by molar-refractivity contribution is 0.597. The van der Waals surface area contributed by atoms with Crippen molar-refractivity contribution in [2.75, 3.05) is 40.1 Å². The minimum atomic E-state index is 0.225. The van der Waals surface area contributed by atoms with Crippen LogP contribution in [0.2, 0.25) is 0 Å². The van der Waals surface area contributed by atoms with Crippen LogP contribution in [-0.4, -0.2) is 25.7 Å². The fraction of sp³-hybridized carbons (Fsp3) is 0.195. The van der Waals surface area contributed by atoms with E-state index in [9.17, 15) is 0 Å². The third kappa shape index (κ3) is 14.0. The molecule has 0 heterocycles. The number of fused-ring (bicyclic) bond motifs is 2. The van der Waals surface area contributed by atoms with Crippen LogP contribution in [0.25, 0.3) is 88.3 Å². The first-order valence-corrected chi connectivity index (χ1v) is 35.5. The Morgan fingerprint density at radius 3 is 1.21 bits per heavy atom. The van der Waals surface area contributed by atoms with Crippen LogP contribution in [0.3, 0.4) is 0 Å². The zero-order valence-electron chi connectivity index (χ0n) is 54.5. The smallest absolute Gasteiger partial charge is 0.0769 e. The maximum absolute atomic E-state index is 4.11. The summed E-state index contributed by atoms with van der Waals surface area (Å²) in [5.41, 5.74) is 25.0. The average molecular weight is 1360 g/mol. The Bertz CT molecular complexity index is 4540. The number of hydrogen-bond donors (Lipinski definition) is 3. The quantitative estimate of drug-likeness (QED) is 0.0472. The van der Waals surface area contributed by atoms with Gasteiger partial charge in [-0.25, -0.2) is 0 Å². The maximum atomic E-state index is 4.11. The van der Waals surface area contributed by atoms with Crippen LogP contribution in [0.4, 0.5) is 39.8 Å². The van der Waals surface area contributed by atoms with Gasteiger partial charge in [-0.3, -0.25) is 0 Å². The summed E-state index contributed by atoms with van der Waals surface area (Å²) >= 11 is 7.25. The van der Waals surface area contributed by atoms with E-state index in [4.69, 9.17) is 0 Å². The predicted molar refractivity (Wildman–Crippen MR) is 413 cm³/mol. The zero-order chi connectivity index (χ0) is 64.3. The van der Waals surface area contributed by atoms with E-state index in [1.807, 2.05) is 0 Å². The van der Waals surface area contributed by atoms with Crippen molar-refractivity contribution in [3.8, 4) is 66.8 Å². The van der Waals surface area contributed by atoms with E-state index >= 15 is 0 Å².